The zero-order chi connectivity index (χ0) is 20.9. The molecule has 0 radical (unpaired) electrons. The molecule has 2 heteroatoms. The fraction of sp³-hybridized carbons (Fsp3) is 0.0345. The lowest BCUT2D eigenvalue weighted by Gasteiger charge is -2.10. The minimum absolute atomic E-state index is 0.613. The first-order valence-electron chi connectivity index (χ1n) is 10.5. The highest BCUT2D eigenvalue weighted by atomic mass is 14.7. The van der Waals surface area contributed by atoms with Gasteiger partial charge in [-0.25, -0.2) is 0 Å². The first-order chi connectivity index (χ1) is 15.4. The van der Waals surface area contributed by atoms with Crippen molar-refractivity contribution in [3.8, 4) is 11.3 Å². The van der Waals surface area contributed by atoms with Gasteiger partial charge in [0.15, 0.2) is 0 Å². The lowest BCUT2D eigenvalue weighted by molar-refractivity contribution is 1.08. The summed E-state index contributed by atoms with van der Waals surface area (Å²) in [6.07, 6.45) is 1.84. The summed E-state index contributed by atoms with van der Waals surface area (Å²) in [6.45, 7) is 0.613. The second-order valence-electron chi connectivity index (χ2n) is 7.46. The number of benzene rings is 4. The molecule has 0 aliphatic carbocycles. The monoisotopic (exact) mass is 398 g/mol. The maximum atomic E-state index is 5.09. The summed E-state index contributed by atoms with van der Waals surface area (Å²) in [5, 5.41) is 2.43. The largest absolute Gasteiger partial charge is 0.279 e. The summed E-state index contributed by atoms with van der Waals surface area (Å²) in [7, 11) is 0. The first kappa shape index (κ1) is 19.0. The third-order valence-corrected chi connectivity index (χ3v) is 5.44. The van der Waals surface area contributed by atoms with Crippen molar-refractivity contribution in [1.82, 2.24) is 4.98 Å². The van der Waals surface area contributed by atoms with Gasteiger partial charge in [-0.1, -0.05) is 97.1 Å². The number of aliphatic imine (C=N–C) groups is 1. The highest BCUT2D eigenvalue weighted by Crippen LogP contribution is 2.26. The van der Waals surface area contributed by atoms with Gasteiger partial charge in [0.05, 0.1) is 18.0 Å². The number of nitrogens with zero attached hydrogens (tertiary/aromatic N) is 2. The molecule has 0 aliphatic rings. The molecule has 0 saturated heterocycles. The number of hydrogen-bond acceptors (Lipinski definition) is 2. The molecule has 4 aromatic carbocycles. The van der Waals surface area contributed by atoms with Crippen LogP contribution >= 0.6 is 0 Å². The molecule has 148 valence electrons. The molecule has 31 heavy (non-hydrogen) atoms. The molecule has 0 N–H and O–H groups in total. The molecule has 5 rings (SSSR count). The van der Waals surface area contributed by atoms with Gasteiger partial charge in [0.25, 0.3) is 0 Å². The number of aromatic nitrogens is 1. The highest BCUT2D eigenvalue weighted by molar-refractivity contribution is 6.12. The van der Waals surface area contributed by atoms with Crippen molar-refractivity contribution in [3.63, 3.8) is 0 Å². The van der Waals surface area contributed by atoms with Crippen LogP contribution in [0.15, 0.2) is 126 Å². The van der Waals surface area contributed by atoms with Gasteiger partial charge in [0.1, 0.15) is 0 Å². The Morgan fingerprint density at radius 1 is 0.645 bits per heavy atom. The van der Waals surface area contributed by atoms with Crippen molar-refractivity contribution in [2.75, 3.05) is 0 Å². The number of pyridine rings is 1. The van der Waals surface area contributed by atoms with Crippen LogP contribution in [0.2, 0.25) is 0 Å². The second-order valence-corrected chi connectivity index (χ2v) is 7.46. The molecular formula is C29H22N2. The van der Waals surface area contributed by atoms with Crippen LogP contribution in [0.25, 0.3) is 22.0 Å². The molecule has 1 aromatic heterocycles. The molecular weight excluding hydrogens is 376 g/mol. The summed E-state index contributed by atoms with van der Waals surface area (Å²) >= 11 is 0. The number of hydrogen-bond donors (Lipinski definition) is 0. The highest BCUT2D eigenvalue weighted by Gasteiger charge is 2.08. The Labute approximate surface area is 182 Å². The standard InChI is InChI=1S/C29H22N2/c1-3-10-23(11-4-1)29(24-12-5-2-6-13-24)31-21-26-15-9-14-22-17-18-25(20-27(22)26)28-16-7-8-19-30-28/h1-20H,21H2. The van der Waals surface area contributed by atoms with Crippen LogP contribution < -0.4 is 0 Å². The SMILES string of the molecule is c1ccc(C(=NCc2cccc3ccc(-c4ccccn4)cc23)c2ccccc2)cc1. The van der Waals surface area contributed by atoms with Crippen molar-refractivity contribution in [1.29, 1.82) is 0 Å². The lowest BCUT2D eigenvalue weighted by atomic mass is 9.99. The maximum Gasteiger partial charge on any atom is 0.0723 e. The molecule has 0 amide bonds. The minimum atomic E-state index is 0.613. The van der Waals surface area contributed by atoms with E-state index in [0.717, 1.165) is 28.1 Å². The average molecular weight is 399 g/mol. The molecule has 0 bridgehead atoms. The molecule has 0 unspecified atom stereocenters. The molecule has 5 aromatic rings. The van der Waals surface area contributed by atoms with E-state index in [4.69, 9.17) is 4.99 Å². The second kappa shape index (κ2) is 8.76. The van der Waals surface area contributed by atoms with Gasteiger partial charge in [-0.3, -0.25) is 9.98 Å². The molecule has 2 nitrogen and oxygen atoms in total. The Bertz CT molecular complexity index is 1280. The van der Waals surface area contributed by atoms with Crippen LogP contribution in [0.1, 0.15) is 16.7 Å². The topological polar surface area (TPSA) is 25.2 Å². The molecule has 1 heterocycles. The van der Waals surface area contributed by atoms with Gasteiger partial charge in [-0.15, -0.1) is 0 Å². The average Bonchev–Trinajstić information content (AvgIpc) is 2.86. The third kappa shape index (κ3) is 4.15. The third-order valence-electron chi connectivity index (χ3n) is 5.44. The van der Waals surface area contributed by atoms with E-state index in [1.807, 2.05) is 36.5 Å². The first-order valence-corrected chi connectivity index (χ1v) is 10.5. The lowest BCUT2D eigenvalue weighted by Crippen LogP contribution is -2.04. The van der Waals surface area contributed by atoms with E-state index in [1.165, 1.54) is 16.3 Å². The zero-order valence-electron chi connectivity index (χ0n) is 17.1. The maximum absolute atomic E-state index is 5.09. The van der Waals surface area contributed by atoms with Crippen LogP contribution in [-0.4, -0.2) is 10.7 Å². The zero-order valence-corrected chi connectivity index (χ0v) is 17.1. The molecule has 0 spiro atoms. The van der Waals surface area contributed by atoms with E-state index >= 15 is 0 Å². The Hall–Kier alpha value is -4.04. The normalized spacial score (nSPS) is 10.7. The van der Waals surface area contributed by atoms with Crippen LogP contribution in [-0.2, 0) is 6.54 Å². The quantitative estimate of drug-likeness (QED) is 0.294. The van der Waals surface area contributed by atoms with Crippen molar-refractivity contribution in [3.05, 3.63) is 138 Å². The van der Waals surface area contributed by atoms with Gasteiger partial charge in [-0.2, -0.15) is 0 Å². The Kier molecular flexibility index (Phi) is 5.36. The van der Waals surface area contributed by atoms with Crippen molar-refractivity contribution in [2.24, 2.45) is 4.99 Å². The number of rotatable bonds is 5. The summed E-state index contributed by atoms with van der Waals surface area (Å²) in [5.74, 6) is 0. The van der Waals surface area contributed by atoms with Crippen molar-refractivity contribution >= 4 is 16.5 Å². The van der Waals surface area contributed by atoms with Gasteiger partial charge >= 0.3 is 0 Å². The van der Waals surface area contributed by atoms with Gasteiger partial charge in [-0.05, 0) is 34.5 Å². The summed E-state index contributed by atoms with van der Waals surface area (Å²) < 4.78 is 0. The molecule has 0 aliphatic heterocycles. The van der Waals surface area contributed by atoms with Crippen LogP contribution in [0.3, 0.4) is 0 Å². The van der Waals surface area contributed by atoms with Gasteiger partial charge in [0.2, 0.25) is 0 Å². The van der Waals surface area contributed by atoms with Crippen molar-refractivity contribution < 1.29 is 0 Å². The Morgan fingerprint density at radius 2 is 1.35 bits per heavy atom. The number of fused-ring (bicyclic) bond motifs is 1. The Morgan fingerprint density at radius 3 is 2.03 bits per heavy atom. The van der Waals surface area contributed by atoms with Gasteiger partial charge < -0.3 is 0 Å². The van der Waals surface area contributed by atoms with Crippen LogP contribution in [0, 0.1) is 0 Å². The summed E-state index contributed by atoms with van der Waals surface area (Å²) in [5.41, 5.74) is 6.58. The van der Waals surface area contributed by atoms with Crippen molar-refractivity contribution in [2.45, 2.75) is 6.54 Å². The minimum Gasteiger partial charge on any atom is -0.279 e. The molecule has 0 fully saturated rings. The van der Waals surface area contributed by atoms with E-state index in [9.17, 15) is 0 Å². The fourth-order valence-electron chi connectivity index (χ4n) is 3.87. The van der Waals surface area contributed by atoms with Gasteiger partial charge in [0, 0.05) is 22.9 Å². The summed E-state index contributed by atoms with van der Waals surface area (Å²) in [4.78, 5) is 9.60. The van der Waals surface area contributed by atoms with E-state index < -0.39 is 0 Å². The summed E-state index contributed by atoms with van der Waals surface area (Å²) in [6, 6.07) is 39.8. The van der Waals surface area contributed by atoms with E-state index in [-0.39, 0.29) is 0 Å². The van der Waals surface area contributed by atoms with E-state index in [2.05, 4.69) is 89.9 Å². The predicted octanol–water partition coefficient (Wildman–Crippen LogP) is 6.94. The predicted molar refractivity (Wildman–Crippen MR) is 129 cm³/mol. The van der Waals surface area contributed by atoms with E-state index in [0.29, 0.717) is 6.54 Å². The fourth-order valence-corrected chi connectivity index (χ4v) is 3.87. The van der Waals surface area contributed by atoms with Crippen LogP contribution in [0.5, 0.6) is 0 Å². The Balaban J connectivity index is 1.58. The molecule has 0 atom stereocenters. The van der Waals surface area contributed by atoms with E-state index in [1.54, 1.807) is 0 Å². The smallest absolute Gasteiger partial charge is 0.0723 e. The molecule has 0 saturated carbocycles. The van der Waals surface area contributed by atoms with Crippen LogP contribution in [0.4, 0.5) is 0 Å².